The third kappa shape index (κ3) is 8.47. The lowest BCUT2D eigenvalue weighted by molar-refractivity contribution is -0.138. The molecule has 0 saturated heterocycles. The van der Waals surface area contributed by atoms with Gasteiger partial charge in [0.05, 0.1) is 24.2 Å². The maximum Gasteiger partial charge on any atom is 0.416 e. The molecular formula is C34H42ClF3N2O6SSi. The van der Waals surface area contributed by atoms with Crippen LogP contribution in [0.5, 0.6) is 11.5 Å². The second kappa shape index (κ2) is 13.9. The first-order valence-electron chi connectivity index (χ1n) is 15.4. The first kappa shape index (κ1) is 37.6. The number of halogens is 4. The van der Waals surface area contributed by atoms with Crippen LogP contribution in [0.4, 0.5) is 24.5 Å². The van der Waals surface area contributed by atoms with Gasteiger partial charge in [0.1, 0.15) is 24.1 Å². The van der Waals surface area contributed by atoms with E-state index in [2.05, 4.69) is 39.2 Å². The molecule has 0 bridgehead atoms. The third-order valence-corrected chi connectivity index (χ3v) is 14.8. The molecule has 1 N–H and O–H groups in total. The van der Waals surface area contributed by atoms with Crippen LogP contribution in [0.15, 0.2) is 53.4 Å². The Hall–Kier alpha value is -3.26. The molecule has 14 heteroatoms. The highest BCUT2D eigenvalue weighted by Crippen LogP contribution is 2.41. The molecule has 4 rings (SSSR count). The summed E-state index contributed by atoms with van der Waals surface area (Å²) in [5.74, 6) is -0.0873. The number of hydrogen-bond donors (Lipinski definition) is 1. The van der Waals surface area contributed by atoms with Crippen LogP contribution in [0.3, 0.4) is 0 Å². The molecule has 0 saturated carbocycles. The highest BCUT2D eigenvalue weighted by Gasteiger charge is 2.39. The van der Waals surface area contributed by atoms with Crippen LogP contribution in [-0.2, 0) is 31.7 Å². The molecule has 1 amide bonds. The number of rotatable bonds is 11. The van der Waals surface area contributed by atoms with E-state index in [0.717, 1.165) is 12.3 Å². The van der Waals surface area contributed by atoms with Gasteiger partial charge in [0.15, 0.2) is 18.2 Å². The number of alkyl halides is 3. The Morgan fingerprint density at radius 1 is 1.06 bits per heavy atom. The van der Waals surface area contributed by atoms with E-state index >= 15 is 0 Å². The number of nitrogens with one attached hydrogen (secondary N) is 1. The fourth-order valence-electron chi connectivity index (χ4n) is 5.21. The fourth-order valence-corrected chi connectivity index (χ4v) is 7.07. The number of hydrogen-bond acceptors (Lipinski definition) is 7. The van der Waals surface area contributed by atoms with E-state index in [9.17, 15) is 26.4 Å². The Bertz CT molecular complexity index is 1790. The van der Waals surface area contributed by atoms with Gasteiger partial charge in [0.25, 0.3) is 5.91 Å². The molecule has 1 aliphatic heterocycles. The van der Waals surface area contributed by atoms with Crippen molar-refractivity contribution in [3.63, 3.8) is 0 Å². The number of nitrogens with zero attached hydrogens (tertiary/aromatic N) is 1. The number of carbonyl (C=O) groups excluding carboxylic acids is 1. The molecule has 1 heterocycles. The lowest BCUT2D eigenvalue weighted by Gasteiger charge is -2.36. The SMILES string of the molecule is COc1cc(NC(C(=O)N2CCc3cc(C)c(C(F)(F)F)cc32)c2ccc(Cl)cc2OCCO[Si](C)(C)C(C)(C)C)cc(S(C)(=O)=O)c1. The summed E-state index contributed by atoms with van der Waals surface area (Å²) in [5.41, 5.74) is 0.596. The molecule has 3 aromatic rings. The highest BCUT2D eigenvalue weighted by atomic mass is 35.5. The molecule has 0 fully saturated rings. The number of amides is 1. The Kier molecular flexibility index (Phi) is 10.9. The summed E-state index contributed by atoms with van der Waals surface area (Å²) in [7, 11) is -4.38. The number of methoxy groups -OCH3 is 1. The predicted molar refractivity (Wildman–Crippen MR) is 185 cm³/mol. The average Bonchev–Trinajstić information content (AvgIpc) is 3.38. The Labute approximate surface area is 286 Å². The van der Waals surface area contributed by atoms with Crippen LogP contribution in [-0.4, -0.2) is 55.8 Å². The van der Waals surface area contributed by atoms with Gasteiger partial charge in [-0.05, 0) is 72.9 Å². The molecule has 1 aliphatic rings. The van der Waals surface area contributed by atoms with Gasteiger partial charge in [-0.15, -0.1) is 0 Å². The molecule has 0 spiro atoms. The van der Waals surface area contributed by atoms with E-state index < -0.39 is 41.8 Å². The van der Waals surface area contributed by atoms with Gasteiger partial charge in [-0.1, -0.05) is 44.5 Å². The van der Waals surface area contributed by atoms with E-state index in [4.69, 9.17) is 25.5 Å². The number of aryl methyl sites for hydroxylation is 1. The van der Waals surface area contributed by atoms with Crippen molar-refractivity contribution in [3.8, 4) is 11.5 Å². The van der Waals surface area contributed by atoms with E-state index in [1.165, 1.54) is 43.2 Å². The minimum Gasteiger partial charge on any atom is -0.497 e. The summed E-state index contributed by atoms with van der Waals surface area (Å²) < 4.78 is 84.5. The highest BCUT2D eigenvalue weighted by molar-refractivity contribution is 7.90. The summed E-state index contributed by atoms with van der Waals surface area (Å²) in [6.07, 6.45) is -3.20. The zero-order valence-electron chi connectivity index (χ0n) is 28.3. The average molecular weight is 727 g/mol. The van der Waals surface area contributed by atoms with Crippen molar-refractivity contribution in [2.45, 2.75) is 69.4 Å². The third-order valence-electron chi connectivity index (χ3n) is 8.89. The van der Waals surface area contributed by atoms with Crippen LogP contribution < -0.4 is 19.7 Å². The van der Waals surface area contributed by atoms with Crippen molar-refractivity contribution < 1.29 is 40.3 Å². The van der Waals surface area contributed by atoms with Gasteiger partial charge in [-0.3, -0.25) is 4.79 Å². The Morgan fingerprint density at radius 3 is 2.35 bits per heavy atom. The topological polar surface area (TPSA) is 94.2 Å². The largest absolute Gasteiger partial charge is 0.497 e. The van der Waals surface area contributed by atoms with Gasteiger partial charge < -0.3 is 24.1 Å². The standard InChI is InChI=1S/C34H42ClF3N2O6SSi/c1-21-15-22-11-12-40(29(22)20-28(21)34(36,37)38)32(41)31(39-24-17-25(44-5)19-26(18-24)47(6,42)43)27-10-9-23(35)16-30(27)45-13-14-46-48(7,8)33(2,3)4/h9-10,15-20,31,39H,11-14H2,1-8H3. The normalized spacial score (nSPS) is 14.5. The van der Waals surface area contributed by atoms with E-state index in [0.29, 0.717) is 22.6 Å². The number of anilines is 2. The van der Waals surface area contributed by atoms with Crippen LogP contribution in [0, 0.1) is 6.92 Å². The molecule has 0 radical (unpaired) electrons. The molecule has 0 aromatic heterocycles. The molecule has 262 valence electrons. The Balaban J connectivity index is 1.78. The maximum atomic E-state index is 14.5. The van der Waals surface area contributed by atoms with Gasteiger partial charge in [0.2, 0.25) is 0 Å². The lowest BCUT2D eigenvalue weighted by Crippen LogP contribution is -2.41. The quantitative estimate of drug-likeness (QED) is 0.157. The first-order chi connectivity index (χ1) is 22.1. The van der Waals surface area contributed by atoms with Gasteiger partial charge >= 0.3 is 6.18 Å². The second-order valence-corrected chi connectivity index (χ2v) is 20.7. The Morgan fingerprint density at radius 2 is 1.75 bits per heavy atom. The van der Waals surface area contributed by atoms with Crippen LogP contribution in [0.2, 0.25) is 23.2 Å². The molecule has 48 heavy (non-hydrogen) atoms. The number of carbonyl (C=O) groups is 1. The number of sulfone groups is 1. The van der Waals surface area contributed by atoms with E-state index in [1.54, 1.807) is 18.2 Å². The summed E-state index contributed by atoms with van der Waals surface area (Å²) in [4.78, 5) is 15.8. The maximum absolute atomic E-state index is 14.5. The second-order valence-electron chi connectivity index (χ2n) is 13.4. The van der Waals surface area contributed by atoms with Crippen LogP contribution in [0.25, 0.3) is 0 Å². The summed E-state index contributed by atoms with van der Waals surface area (Å²) >= 11 is 6.38. The minimum absolute atomic E-state index is 0.0201. The number of fused-ring (bicyclic) bond motifs is 1. The number of ether oxygens (including phenoxy) is 2. The molecule has 1 atom stereocenters. The van der Waals surface area contributed by atoms with Gasteiger partial charge in [-0.2, -0.15) is 13.2 Å². The van der Waals surface area contributed by atoms with E-state index in [-0.39, 0.29) is 58.1 Å². The van der Waals surface area contributed by atoms with Crippen molar-refractivity contribution in [2.24, 2.45) is 0 Å². The smallest absolute Gasteiger partial charge is 0.416 e. The van der Waals surface area contributed by atoms with Crippen molar-refractivity contribution in [1.29, 1.82) is 0 Å². The molecule has 3 aromatic carbocycles. The van der Waals surface area contributed by atoms with Crippen molar-refractivity contribution in [2.75, 3.05) is 43.3 Å². The lowest BCUT2D eigenvalue weighted by atomic mass is 10.0. The van der Waals surface area contributed by atoms with Gasteiger partial charge in [-0.25, -0.2) is 8.42 Å². The summed E-state index contributed by atoms with van der Waals surface area (Å²) in [5, 5.41) is 3.45. The van der Waals surface area contributed by atoms with Crippen LogP contribution in [0.1, 0.15) is 49.1 Å². The monoisotopic (exact) mass is 726 g/mol. The number of benzene rings is 3. The fraction of sp³-hybridized carbons (Fsp3) is 0.441. The van der Waals surface area contributed by atoms with Crippen LogP contribution >= 0.6 is 11.6 Å². The molecular weight excluding hydrogens is 685 g/mol. The first-order valence-corrected chi connectivity index (χ1v) is 20.5. The van der Waals surface area contributed by atoms with Gasteiger partial charge in [0, 0.05) is 40.8 Å². The summed E-state index contributed by atoms with van der Waals surface area (Å²) in [6, 6.07) is 10.2. The van der Waals surface area contributed by atoms with E-state index in [1.807, 2.05) is 0 Å². The zero-order chi connectivity index (χ0) is 35.8. The minimum atomic E-state index is -4.61. The molecule has 0 aliphatic carbocycles. The molecule has 8 nitrogen and oxygen atoms in total. The van der Waals surface area contributed by atoms with Crippen molar-refractivity contribution in [3.05, 3.63) is 75.8 Å². The summed E-state index contributed by atoms with van der Waals surface area (Å²) in [6.45, 7) is 12.6. The van der Waals surface area contributed by atoms with Crippen molar-refractivity contribution >= 4 is 47.0 Å². The predicted octanol–water partition coefficient (Wildman–Crippen LogP) is 8.22. The van der Waals surface area contributed by atoms with Crippen molar-refractivity contribution in [1.82, 2.24) is 0 Å². The molecule has 1 unspecified atom stereocenters. The zero-order valence-corrected chi connectivity index (χ0v) is 30.9.